The van der Waals surface area contributed by atoms with Gasteiger partial charge in [0.2, 0.25) is 0 Å². The van der Waals surface area contributed by atoms with Crippen LogP contribution < -0.4 is 0 Å². The second-order valence-corrected chi connectivity index (χ2v) is 9.54. The maximum Gasteiger partial charge on any atom is 0.0653 e. The van der Waals surface area contributed by atoms with Gasteiger partial charge in [-0.1, -0.05) is 40.5 Å². The molecule has 2 nitrogen and oxygen atoms in total. The third-order valence-electron chi connectivity index (χ3n) is 7.33. The third-order valence-corrected chi connectivity index (χ3v) is 7.33. The average molecular weight is 311 g/mol. The Bertz CT molecular complexity index is 374. The highest BCUT2D eigenvalue weighted by Gasteiger charge is 2.57. The zero-order valence-electron chi connectivity index (χ0n) is 15.5. The van der Waals surface area contributed by atoms with Gasteiger partial charge in [-0.15, -0.1) is 0 Å². The molecule has 0 amide bonds. The van der Waals surface area contributed by atoms with Crippen LogP contribution in [-0.4, -0.2) is 22.4 Å². The predicted molar refractivity (Wildman–Crippen MR) is 92.7 cm³/mol. The number of rotatable bonds is 5. The molecule has 0 heterocycles. The van der Waals surface area contributed by atoms with Gasteiger partial charge in [-0.25, -0.2) is 0 Å². The fourth-order valence-electron chi connectivity index (χ4n) is 6.08. The van der Waals surface area contributed by atoms with Crippen molar-refractivity contribution in [2.24, 2.45) is 28.6 Å². The zero-order chi connectivity index (χ0) is 16.6. The molecule has 130 valence electrons. The van der Waals surface area contributed by atoms with Crippen LogP contribution in [0.3, 0.4) is 0 Å². The van der Waals surface area contributed by atoms with Crippen LogP contribution in [0.2, 0.25) is 0 Å². The van der Waals surface area contributed by atoms with Gasteiger partial charge in [0.15, 0.2) is 0 Å². The van der Waals surface area contributed by atoms with Crippen LogP contribution >= 0.6 is 0 Å². The van der Waals surface area contributed by atoms with E-state index in [0.717, 1.165) is 31.6 Å². The maximum atomic E-state index is 11.1. The molecule has 0 spiro atoms. The number of hydrogen-bond donors (Lipinski definition) is 2. The standard InChI is InChI=1S/C20H38O2/c1-15(10-14-21)7-8-17-19(4)12-6-11-18(2,3)16(19)9-13-20(17,5)22/h15-17,21-22H,6-14H2,1-5H3/t15?,16?,17?,19?,20-/m1/s1. The molecule has 2 aliphatic rings. The molecule has 4 unspecified atom stereocenters. The van der Waals surface area contributed by atoms with E-state index in [1.165, 1.54) is 25.7 Å². The molecule has 0 bridgehead atoms. The summed E-state index contributed by atoms with van der Waals surface area (Å²) in [4.78, 5) is 0. The Balaban J connectivity index is 2.19. The summed E-state index contributed by atoms with van der Waals surface area (Å²) in [6.07, 6.45) is 9.18. The van der Waals surface area contributed by atoms with Gasteiger partial charge < -0.3 is 10.2 Å². The number of hydrogen-bond acceptors (Lipinski definition) is 2. The lowest BCUT2D eigenvalue weighted by Crippen LogP contribution is -2.57. The Kier molecular flexibility index (Phi) is 5.34. The Morgan fingerprint density at radius 2 is 1.73 bits per heavy atom. The van der Waals surface area contributed by atoms with Crippen molar-refractivity contribution in [3.05, 3.63) is 0 Å². The Morgan fingerprint density at radius 1 is 1.05 bits per heavy atom. The molecule has 0 saturated heterocycles. The summed E-state index contributed by atoms with van der Waals surface area (Å²) in [5.41, 5.74) is 0.179. The first-order valence-electron chi connectivity index (χ1n) is 9.47. The molecule has 0 aromatic carbocycles. The molecule has 2 aliphatic carbocycles. The van der Waals surface area contributed by atoms with E-state index in [1.807, 2.05) is 0 Å². The molecular weight excluding hydrogens is 272 g/mol. The van der Waals surface area contributed by atoms with Crippen LogP contribution in [0.4, 0.5) is 0 Å². The Hall–Kier alpha value is -0.0800. The van der Waals surface area contributed by atoms with E-state index in [4.69, 9.17) is 5.11 Å². The molecule has 22 heavy (non-hydrogen) atoms. The molecule has 2 N–H and O–H groups in total. The number of aliphatic hydroxyl groups excluding tert-OH is 1. The molecule has 0 aromatic heterocycles. The summed E-state index contributed by atoms with van der Waals surface area (Å²) in [5.74, 6) is 1.70. The second-order valence-electron chi connectivity index (χ2n) is 9.54. The molecular formula is C20H38O2. The van der Waals surface area contributed by atoms with Crippen LogP contribution in [0.25, 0.3) is 0 Å². The fourth-order valence-corrected chi connectivity index (χ4v) is 6.08. The largest absolute Gasteiger partial charge is 0.396 e. The minimum Gasteiger partial charge on any atom is -0.396 e. The Morgan fingerprint density at radius 3 is 2.36 bits per heavy atom. The summed E-state index contributed by atoms with van der Waals surface area (Å²) in [6.45, 7) is 12.0. The molecule has 0 radical (unpaired) electrons. The van der Waals surface area contributed by atoms with Gasteiger partial charge >= 0.3 is 0 Å². The number of aliphatic hydroxyl groups is 2. The quantitative estimate of drug-likeness (QED) is 0.767. The fraction of sp³-hybridized carbons (Fsp3) is 1.00. The molecule has 2 saturated carbocycles. The maximum absolute atomic E-state index is 11.1. The first kappa shape index (κ1) is 18.3. The minimum absolute atomic E-state index is 0.280. The van der Waals surface area contributed by atoms with Gasteiger partial charge in [0.25, 0.3) is 0 Å². The van der Waals surface area contributed by atoms with Crippen LogP contribution in [0.15, 0.2) is 0 Å². The van der Waals surface area contributed by atoms with E-state index in [-0.39, 0.29) is 12.0 Å². The molecule has 2 rings (SSSR count). The van der Waals surface area contributed by atoms with Gasteiger partial charge in [0.05, 0.1) is 5.60 Å². The molecule has 0 aliphatic heterocycles. The third kappa shape index (κ3) is 3.38. The number of fused-ring (bicyclic) bond motifs is 1. The van der Waals surface area contributed by atoms with Crippen molar-refractivity contribution in [3.63, 3.8) is 0 Å². The predicted octanol–water partition coefficient (Wildman–Crippen LogP) is 4.78. The van der Waals surface area contributed by atoms with Gasteiger partial charge in [0.1, 0.15) is 0 Å². The van der Waals surface area contributed by atoms with E-state index < -0.39 is 5.60 Å². The summed E-state index contributed by atoms with van der Waals surface area (Å²) in [6, 6.07) is 0. The van der Waals surface area contributed by atoms with E-state index in [0.29, 0.717) is 17.3 Å². The molecule has 2 heteroatoms. The topological polar surface area (TPSA) is 40.5 Å². The van der Waals surface area contributed by atoms with Crippen LogP contribution in [0.5, 0.6) is 0 Å². The normalized spacial score (nSPS) is 42.7. The lowest BCUT2D eigenvalue weighted by Gasteiger charge is -2.61. The second kappa shape index (κ2) is 6.43. The van der Waals surface area contributed by atoms with E-state index in [9.17, 15) is 5.11 Å². The van der Waals surface area contributed by atoms with Crippen LogP contribution in [-0.2, 0) is 0 Å². The highest BCUT2D eigenvalue weighted by molar-refractivity contribution is 5.07. The molecule has 2 fully saturated rings. The molecule has 0 aromatic rings. The van der Waals surface area contributed by atoms with E-state index in [2.05, 4.69) is 34.6 Å². The van der Waals surface area contributed by atoms with Gasteiger partial charge in [-0.2, -0.15) is 0 Å². The zero-order valence-corrected chi connectivity index (χ0v) is 15.5. The highest BCUT2D eigenvalue weighted by atomic mass is 16.3. The summed E-state index contributed by atoms with van der Waals surface area (Å²) in [5, 5.41) is 20.2. The van der Waals surface area contributed by atoms with Gasteiger partial charge in [-0.3, -0.25) is 0 Å². The molecule has 5 atom stereocenters. The van der Waals surface area contributed by atoms with Crippen LogP contribution in [0, 0.1) is 28.6 Å². The van der Waals surface area contributed by atoms with E-state index >= 15 is 0 Å². The lowest BCUT2D eigenvalue weighted by atomic mass is 9.45. The lowest BCUT2D eigenvalue weighted by molar-refractivity contribution is -0.170. The SMILES string of the molecule is CC(CCO)CCC1C2(C)CCCC(C)(C)C2CC[C@@]1(C)O. The smallest absolute Gasteiger partial charge is 0.0653 e. The average Bonchev–Trinajstić information content (AvgIpc) is 2.36. The Labute approximate surface area is 137 Å². The van der Waals surface area contributed by atoms with Crippen molar-refractivity contribution in [2.75, 3.05) is 6.61 Å². The van der Waals surface area contributed by atoms with Crippen molar-refractivity contribution >= 4 is 0 Å². The monoisotopic (exact) mass is 310 g/mol. The van der Waals surface area contributed by atoms with Gasteiger partial charge in [-0.05, 0) is 74.0 Å². The summed E-state index contributed by atoms with van der Waals surface area (Å²) >= 11 is 0. The first-order chi connectivity index (χ1) is 10.1. The highest BCUT2D eigenvalue weighted by Crippen LogP contribution is 2.63. The first-order valence-corrected chi connectivity index (χ1v) is 9.47. The minimum atomic E-state index is -0.516. The van der Waals surface area contributed by atoms with Crippen molar-refractivity contribution in [1.29, 1.82) is 0 Å². The summed E-state index contributed by atoms with van der Waals surface area (Å²) < 4.78 is 0. The van der Waals surface area contributed by atoms with Crippen molar-refractivity contribution in [1.82, 2.24) is 0 Å². The van der Waals surface area contributed by atoms with Gasteiger partial charge in [0, 0.05) is 6.61 Å². The van der Waals surface area contributed by atoms with Crippen LogP contribution in [0.1, 0.15) is 86.0 Å². The van der Waals surface area contributed by atoms with E-state index in [1.54, 1.807) is 0 Å². The van der Waals surface area contributed by atoms with Crippen molar-refractivity contribution in [2.45, 2.75) is 91.6 Å². The summed E-state index contributed by atoms with van der Waals surface area (Å²) in [7, 11) is 0. The van der Waals surface area contributed by atoms with Crippen molar-refractivity contribution < 1.29 is 10.2 Å². The van der Waals surface area contributed by atoms with Crippen molar-refractivity contribution in [3.8, 4) is 0 Å².